The monoisotopic (exact) mass is 397 g/mol. The van der Waals surface area contributed by atoms with Crippen molar-refractivity contribution in [1.82, 2.24) is 4.90 Å². The van der Waals surface area contributed by atoms with Gasteiger partial charge in [0, 0.05) is 24.2 Å². The molecule has 3 amide bonds. The number of anilines is 1. The second-order valence-corrected chi connectivity index (χ2v) is 6.32. The Labute approximate surface area is 165 Å². The number of nitro benzene ring substituents is 1. The lowest BCUT2D eigenvalue weighted by atomic mass is 10.1. The summed E-state index contributed by atoms with van der Waals surface area (Å²) >= 11 is 0. The van der Waals surface area contributed by atoms with Crippen molar-refractivity contribution in [2.24, 2.45) is 0 Å². The molecule has 0 saturated carbocycles. The van der Waals surface area contributed by atoms with Crippen molar-refractivity contribution in [2.45, 2.75) is 12.5 Å². The number of nitro groups is 1. The minimum atomic E-state index is -1.10. The standard InChI is InChI=1S/C20H16FN3O5/c1-2-10-22(19(26)13-4-3-5-16(11-13)24(28)29)17-12-18(25)23(20(17)27)15-8-6-14(21)7-9-15/h2-9,11,17H,1,10,12H2. The fourth-order valence-corrected chi connectivity index (χ4v) is 3.13. The molecule has 9 heteroatoms. The van der Waals surface area contributed by atoms with Crippen LogP contribution in [0, 0.1) is 15.9 Å². The SMILES string of the molecule is C=CCN(C(=O)c1cccc([N+](=O)[O-])c1)C1CC(=O)N(c2ccc(F)cc2)C1=O. The summed E-state index contributed by atoms with van der Waals surface area (Å²) in [6.07, 6.45) is 1.14. The van der Waals surface area contributed by atoms with Gasteiger partial charge in [-0.2, -0.15) is 0 Å². The molecule has 1 atom stereocenters. The van der Waals surface area contributed by atoms with Crippen LogP contribution >= 0.6 is 0 Å². The number of amides is 3. The summed E-state index contributed by atoms with van der Waals surface area (Å²) in [5.74, 6) is -2.33. The summed E-state index contributed by atoms with van der Waals surface area (Å²) in [6, 6.07) is 8.86. The second-order valence-electron chi connectivity index (χ2n) is 6.32. The van der Waals surface area contributed by atoms with E-state index in [9.17, 15) is 28.9 Å². The number of non-ortho nitro benzene ring substituents is 1. The molecule has 0 bridgehead atoms. The molecule has 0 aliphatic carbocycles. The van der Waals surface area contributed by atoms with Crippen LogP contribution in [0.25, 0.3) is 0 Å². The van der Waals surface area contributed by atoms with Crippen LogP contribution in [0.15, 0.2) is 61.2 Å². The van der Waals surface area contributed by atoms with Gasteiger partial charge in [0.15, 0.2) is 0 Å². The van der Waals surface area contributed by atoms with Crippen molar-refractivity contribution in [1.29, 1.82) is 0 Å². The Morgan fingerprint density at radius 2 is 1.97 bits per heavy atom. The highest BCUT2D eigenvalue weighted by Crippen LogP contribution is 2.27. The summed E-state index contributed by atoms with van der Waals surface area (Å²) in [5, 5.41) is 11.0. The van der Waals surface area contributed by atoms with Gasteiger partial charge in [-0.3, -0.25) is 24.5 Å². The van der Waals surface area contributed by atoms with Gasteiger partial charge >= 0.3 is 0 Å². The number of halogens is 1. The van der Waals surface area contributed by atoms with Gasteiger partial charge in [0.25, 0.3) is 17.5 Å². The first kappa shape index (κ1) is 19.9. The molecule has 148 valence electrons. The Kier molecular flexibility index (Phi) is 5.49. The molecule has 2 aromatic rings. The third kappa shape index (κ3) is 3.88. The van der Waals surface area contributed by atoms with Crippen molar-refractivity contribution in [3.8, 4) is 0 Å². The molecule has 0 aromatic heterocycles. The van der Waals surface area contributed by atoms with Gasteiger partial charge in [0.1, 0.15) is 11.9 Å². The van der Waals surface area contributed by atoms with Gasteiger partial charge in [-0.25, -0.2) is 9.29 Å². The maximum Gasteiger partial charge on any atom is 0.270 e. The van der Waals surface area contributed by atoms with Crippen LogP contribution in [0.4, 0.5) is 15.8 Å². The van der Waals surface area contributed by atoms with Crippen LogP contribution in [-0.2, 0) is 9.59 Å². The van der Waals surface area contributed by atoms with E-state index >= 15 is 0 Å². The van der Waals surface area contributed by atoms with Crippen molar-refractivity contribution >= 4 is 29.1 Å². The molecule has 3 rings (SSSR count). The summed E-state index contributed by atoms with van der Waals surface area (Å²) in [5.41, 5.74) is -0.0528. The van der Waals surface area contributed by atoms with Crippen molar-refractivity contribution < 1.29 is 23.7 Å². The van der Waals surface area contributed by atoms with E-state index in [1.54, 1.807) is 0 Å². The number of hydrogen-bond acceptors (Lipinski definition) is 5. The minimum Gasteiger partial charge on any atom is -0.322 e. The van der Waals surface area contributed by atoms with Crippen LogP contribution in [0.2, 0.25) is 0 Å². The number of benzene rings is 2. The van der Waals surface area contributed by atoms with Crippen LogP contribution in [0.3, 0.4) is 0 Å². The third-order valence-electron chi connectivity index (χ3n) is 4.47. The van der Waals surface area contributed by atoms with Gasteiger partial charge in [-0.05, 0) is 30.3 Å². The van der Waals surface area contributed by atoms with Crippen molar-refractivity contribution in [3.05, 3.63) is 82.7 Å². The molecule has 0 N–H and O–H groups in total. The minimum absolute atomic E-state index is 0.0153. The number of carbonyl (C=O) groups excluding carboxylic acids is 3. The van der Waals surface area contributed by atoms with Crippen molar-refractivity contribution in [3.63, 3.8) is 0 Å². The quantitative estimate of drug-likeness (QED) is 0.323. The predicted octanol–water partition coefficient (Wildman–Crippen LogP) is 2.69. The molecule has 1 heterocycles. The van der Waals surface area contributed by atoms with Crippen LogP contribution in [0.1, 0.15) is 16.8 Å². The zero-order valence-electron chi connectivity index (χ0n) is 15.2. The third-order valence-corrected chi connectivity index (χ3v) is 4.47. The topological polar surface area (TPSA) is 101 Å². The zero-order chi connectivity index (χ0) is 21.1. The molecular formula is C20H16FN3O5. The summed E-state index contributed by atoms with van der Waals surface area (Å²) in [7, 11) is 0. The first-order valence-electron chi connectivity index (χ1n) is 8.62. The second kappa shape index (κ2) is 8.01. The van der Waals surface area contributed by atoms with Crippen molar-refractivity contribution in [2.75, 3.05) is 11.4 Å². The van der Waals surface area contributed by atoms with E-state index in [2.05, 4.69) is 6.58 Å². The van der Waals surface area contributed by atoms with Crippen LogP contribution in [0.5, 0.6) is 0 Å². The van der Waals surface area contributed by atoms with E-state index in [0.29, 0.717) is 0 Å². The molecule has 1 unspecified atom stereocenters. The zero-order valence-corrected chi connectivity index (χ0v) is 15.2. The molecule has 0 spiro atoms. The molecule has 1 fully saturated rings. The highest BCUT2D eigenvalue weighted by molar-refractivity contribution is 6.23. The molecule has 1 aliphatic heterocycles. The number of imide groups is 1. The van der Waals surface area contributed by atoms with E-state index in [1.165, 1.54) is 36.4 Å². The van der Waals surface area contributed by atoms with E-state index in [1.807, 2.05) is 0 Å². The molecule has 0 radical (unpaired) electrons. The number of hydrogen-bond donors (Lipinski definition) is 0. The van der Waals surface area contributed by atoms with E-state index in [4.69, 9.17) is 0 Å². The van der Waals surface area contributed by atoms with Gasteiger partial charge in [0.05, 0.1) is 17.0 Å². The number of rotatable bonds is 6. The summed E-state index contributed by atoms with van der Waals surface area (Å²) in [6.45, 7) is 3.53. The summed E-state index contributed by atoms with van der Waals surface area (Å²) < 4.78 is 13.2. The largest absolute Gasteiger partial charge is 0.322 e. The van der Waals surface area contributed by atoms with Gasteiger partial charge < -0.3 is 4.90 Å². The van der Waals surface area contributed by atoms with E-state index in [0.717, 1.165) is 28.0 Å². The first-order valence-corrected chi connectivity index (χ1v) is 8.62. The van der Waals surface area contributed by atoms with Crippen LogP contribution in [-0.4, -0.2) is 40.1 Å². The number of carbonyl (C=O) groups is 3. The molecular weight excluding hydrogens is 381 g/mol. The average Bonchev–Trinajstić information content (AvgIpc) is 3.00. The lowest BCUT2D eigenvalue weighted by molar-refractivity contribution is -0.384. The normalized spacial score (nSPS) is 16.0. The van der Waals surface area contributed by atoms with Crippen LogP contribution < -0.4 is 4.90 Å². The fraction of sp³-hybridized carbons (Fsp3) is 0.150. The van der Waals surface area contributed by atoms with Gasteiger partial charge in [-0.1, -0.05) is 12.1 Å². The summed E-state index contributed by atoms with van der Waals surface area (Å²) in [4.78, 5) is 50.7. The highest BCUT2D eigenvalue weighted by Gasteiger charge is 2.44. The Balaban J connectivity index is 1.92. The Bertz CT molecular complexity index is 1010. The molecule has 8 nitrogen and oxygen atoms in total. The van der Waals surface area contributed by atoms with E-state index in [-0.39, 0.29) is 29.9 Å². The lowest BCUT2D eigenvalue weighted by Crippen LogP contribution is -2.45. The molecule has 29 heavy (non-hydrogen) atoms. The lowest BCUT2D eigenvalue weighted by Gasteiger charge is -2.26. The molecule has 1 aliphatic rings. The first-order chi connectivity index (χ1) is 13.8. The maximum atomic E-state index is 13.2. The van der Waals surface area contributed by atoms with E-state index < -0.39 is 34.5 Å². The average molecular weight is 397 g/mol. The predicted molar refractivity (Wildman–Crippen MR) is 102 cm³/mol. The Morgan fingerprint density at radius 3 is 2.59 bits per heavy atom. The molecule has 1 saturated heterocycles. The fourth-order valence-electron chi connectivity index (χ4n) is 3.13. The molecule has 2 aromatic carbocycles. The highest BCUT2D eigenvalue weighted by atomic mass is 19.1. The van der Waals surface area contributed by atoms with Gasteiger partial charge in [-0.15, -0.1) is 6.58 Å². The Hall–Kier alpha value is -3.88. The number of nitrogens with zero attached hydrogens (tertiary/aromatic N) is 3. The van der Waals surface area contributed by atoms with Gasteiger partial charge in [0.2, 0.25) is 5.91 Å². The Morgan fingerprint density at radius 1 is 1.28 bits per heavy atom. The maximum absolute atomic E-state index is 13.2. The smallest absolute Gasteiger partial charge is 0.270 e.